The van der Waals surface area contributed by atoms with Crippen LogP contribution < -0.4 is 5.32 Å². The van der Waals surface area contributed by atoms with Gasteiger partial charge in [-0.2, -0.15) is 0 Å². The fraction of sp³-hybridized carbons (Fsp3) is 1.00. The van der Waals surface area contributed by atoms with Crippen molar-refractivity contribution in [1.82, 2.24) is 5.32 Å². The molecule has 0 aromatic rings. The molecule has 2 rings (SSSR count). The van der Waals surface area contributed by atoms with Crippen molar-refractivity contribution in [2.45, 2.75) is 83.1 Å². The Bertz CT molecular complexity index is 280. The van der Waals surface area contributed by atoms with E-state index in [-0.39, 0.29) is 17.3 Å². The van der Waals surface area contributed by atoms with Crippen LogP contribution in [-0.2, 0) is 4.74 Å². The molecule has 1 aliphatic carbocycles. The minimum Gasteiger partial charge on any atom is -0.393 e. The average Bonchev–Trinajstić information content (AvgIpc) is 2.45. The van der Waals surface area contributed by atoms with Crippen molar-refractivity contribution in [3.05, 3.63) is 0 Å². The first kappa shape index (κ1) is 14.3. The van der Waals surface area contributed by atoms with Gasteiger partial charge in [0.15, 0.2) is 0 Å². The number of hydrogen-bond acceptors (Lipinski definition) is 3. The summed E-state index contributed by atoms with van der Waals surface area (Å²) in [6.45, 7) is 9.79. The molecule has 0 spiro atoms. The van der Waals surface area contributed by atoms with Crippen molar-refractivity contribution in [3.63, 3.8) is 0 Å². The standard InChI is InChI=1S/C15H29NO2/c1-14(2)9-13(15(3,4)18-14)16-10-11-5-7-12(17)8-6-11/h11-13,16-17H,5-10H2,1-4H3. The Morgan fingerprint density at radius 2 is 1.72 bits per heavy atom. The van der Waals surface area contributed by atoms with Crippen LogP contribution in [0.2, 0.25) is 0 Å². The smallest absolute Gasteiger partial charge is 0.0787 e. The zero-order valence-corrected chi connectivity index (χ0v) is 12.3. The van der Waals surface area contributed by atoms with Crippen LogP contribution in [0.25, 0.3) is 0 Å². The highest BCUT2D eigenvalue weighted by molar-refractivity contribution is 4.99. The fourth-order valence-corrected chi connectivity index (χ4v) is 3.54. The van der Waals surface area contributed by atoms with Gasteiger partial charge in [0.25, 0.3) is 0 Å². The highest BCUT2D eigenvalue weighted by Gasteiger charge is 2.45. The number of ether oxygens (including phenoxy) is 1. The molecule has 0 aromatic carbocycles. The van der Waals surface area contributed by atoms with Gasteiger partial charge in [-0.3, -0.25) is 0 Å². The Morgan fingerprint density at radius 3 is 2.22 bits per heavy atom. The molecule has 1 heterocycles. The third-order valence-corrected chi connectivity index (χ3v) is 4.54. The molecule has 2 N–H and O–H groups in total. The molecule has 1 saturated carbocycles. The summed E-state index contributed by atoms with van der Waals surface area (Å²) in [5.41, 5.74) is -0.0817. The van der Waals surface area contributed by atoms with E-state index in [9.17, 15) is 5.11 Å². The van der Waals surface area contributed by atoms with Gasteiger partial charge in [-0.05, 0) is 72.3 Å². The summed E-state index contributed by atoms with van der Waals surface area (Å²) < 4.78 is 6.10. The maximum absolute atomic E-state index is 9.52. The lowest BCUT2D eigenvalue weighted by atomic mass is 9.86. The van der Waals surface area contributed by atoms with Crippen LogP contribution in [-0.4, -0.2) is 35.0 Å². The number of nitrogens with one attached hydrogen (secondary N) is 1. The highest BCUT2D eigenvalue weighted by Crippen LogP contribution is 2.37. The van der Waals surface area contributed by atoms with E-state index in [1.54, 1.807) is 0 Å². The van der Waals surface area contributed by atoms with E-state index in [0.717, 1.165) is 44.6 Å². The van der Waals surface area contributed by atoms with E-state index < -0.39 is 0 Å². The predicted molar refractivity (Wildman–Crippen MR) is 73.6 cm³/mol. The molecular weight excluding hydrogens is 226 g/mol. The second-order valence-corrected chi connectivity index (χ2v) is 7.30. The van der Waals surface area contributed by atoms with Gasteiger partial charge in [0.2, 0.25) is 0 Å². The molecule has 0 aromatic heterocycles. The zero-order valence-electron chi connectivity index (χ0n) is 12.3. The molecule has 0 radical (unpaired) electrons. The summed E-state index contributed by atoms with van der Waals surface area (Å²) in [5.74, 6) is 0.730. The largest absolute Gasteiger partial charge is 0.393 e. The lowest BCUT2D eigenvalue weighted by Crippen LogP contribution is -2.45. The summed E-state index contributed by atoms with van der Waals surface area (Å²) in [4.78, 5) is 0. The molecular formula is C15H29NO2. The van der Waals surface area contributed by atoms with Gasteiger partial charge >= 0.3 is 0 Å². The van der Waals surface area contributed by atoms with Crippen LogP contribution in [0, 0.1) is 5.92 Å². The minimum absolute atomic E-state index is 0.00999. The molecule has 3 heteroatoms. The lowest BCUT2D eigenvalue weighted by Gasteiger charge is -2.31. The maximum atomic E-state index is 9.52. The molecule has 2 fully saturated rings. The lowest BCUT2D eigenvalue weighted by molar-refractivity contribution is -0.0700. The number of aliphatic hydroxyl groups is 1. The molecule has 106 valence electrons. The second-order valence-electron chi connectivity index (χ2n) is 7.30. The molecule has 0 amide bonds. The molecule has 1 aliphatic heterocycles. The van der Waals surface area contributed by atoms with E-state index in [2.05, 4.69) is 33.0 Å². The maximum Gasteiger partial charge on any atom is 0.0787 e. The molecule has 2 aliphatic rings. The van der Waals surface area contributed by atoms with Crippen molar-refractivity contribution in [2.75, 3.05) is 6.54 Å². The highest BCUT2D eigenvalue weighted by atomic mass is 16.5. The average molecular weight is 255 g/mol. The summed E-state index contributed by atoms with van der Waals surface area (Å²) in [6.07, 6.45) is 5.29. The summed E-state index contributed by atoms with van der Waals surface area (Å²) >= 11 is 0. The Labute approximate surface area is 111 Å². The Kier molecular flexibility index (Phi) is 4.05. The van der Waals surface area contributed by atoms with Gasteiger partial charge < -0.3 is 15.2 Å². The van der Waals surface area contributed by atoms with E-state index in [1.807, 2.05) is 0 Å². The second kappa shape index (κ2) is 5.10. The number of rotatable bonds is 3. The van der Waals surface area contributed by atoms with E-state index >= 15 is 0 Å². The van der Waals surface area contributed by atoms with Crippen LogP contribution in [0.15, 0.2) is 0 Å². The molecule has 3 nitrogen and oxygen atoms in total. The quantitative estimate of drug-likeness (QED) is 0.814. The topological polar surface area (TPSA) is 41.5 Å². The molecule has 1 saturated heterocycles. The van der Waals surface area contributed by atoms with E-state index in [4.69, 9.17) is 4.74 Å². The third-order valence-electron chi connectivity index (χ3n) is 4.54. The van der Waals surface area contributed by atoms with Gasteiger partial charge in [0.1, 0.15) is 0 Å². The fourth-order valence-electron chi connectivity index (χ4n) is 3.54. The van der Waals surface area contributed by atoms with Gasteiger partial charge in [-0.15, -0.1) is 0 Å². The summed E-state index contributed by atoms with van der Waals surface area (Å²) in [7, 11) is 0. The first-order chi connectivity index (χ1) is 8.28. The molecule has 0 bridgehead atoms. The van der Waals surface area contributed by atoms with Crippen molar-refractivity contribution in [3.8, 4) is 0 Å². The van der Waals surface area contributed by atoms with Gasteiger partial charge in [0, 0.05) is 6.04 Å². The summed E-state index contributed by atoms with van der Waals surface area (Å²) in [6, 6.07) is 0.444. The molecule has 1 unspecified atom stereocenters. The first-order valence-corrected chi connectivity index (χ1v) is 7.40. The summed E-state index contributed by atoms with van der Waals surface area (Å²) in [5, 5.41) is 13.2. The van der Waals surface area contributed by atoms with Crippen molar-refractivity contribution < 1.29 is 9.84 Å². The predicted octanol–water partition coefficient (Wildman–Crippen LogP) is 2.47. The zero-order chi connectivity index (χ0) is 13.4. The van der Waals surface area contributed by atoms with Crippen LogP contribution in [0.3, 0.4) is 0 Å². The third kappa shape index (κ3) is 3.46. The van der Waals surface area contributed by atoms with Crippen molar-refractivity contribution in [1.29, 1.82) is 0 Å². The van der Waals surface area contributed by atoms with Gasteiger partial charge in [-0.25, -0.2) is 0 Å². The van der Waals surface area contributed by atoms with Crippen molar-refractivity contribution in [2.24, 2.45) is 5.92 Å². The number of aliphatic hydroxyl groups excluding tert-OH is 1. The monoisotopic (exact) mass is 255 g/mol. The van der Waals surface area contributed by atoms with Gasteiger partial charge in [-0.1, -0.05) is 0 Å². The van der Waals surface area contributed by atoms with Crippen LogP contribution >= 0.6 is 0 Å². The minimum atomic E-state index is -0.0717. The Hall–Kier alpha value is -0.120. The van der Waals surface area contributed by atoms with Crippen LogP contribution in [0.5, 0.6) is 0 Å². The SMILES string of the molecule is CC1(C)CC(NCC2CCC(O)CC2)C(C)(C)O1. The Morgan fingerprint density at radius 1 is 1.11 bits per heavy atom. The van der Waals surface area contributed by atoms with E-state index in [0.29, 0.717) is 6.04 Å². The Balaban J connectivity index is 1.80. The number of hydrogen-bond donors (Lipinski definition) is 2. The van der Waals surface area contributed by atoms with Gasteiger partial charge in [0.05, 0.1) is 17.3 Å². The molecule has 1 atom stereocenters. The van der Waals surface area contributed by atoms with Crippen molar-refractivity contribution >= 4 is 0 Å². The van der Waals surface area contributed by atoms with Crippen LogP contribution in [0.4, 0.5) is 0 Å². The normalized spacial score (nSPS) is 38.8. The van der Waals surface area contributed by atoms with Crippen LogP contribution in [0.1, 0.15) is 59.8 Å². The molecule has 18 heavy (non-hydrogen) atoms. The first-order valence-electron chi connectivity index (χ1n) is 7.40. The van der Waals surface area contributed by atoms with E-state index in [1.165, 1.54) is 0 Å².